The van der Waals surface area contributed by atoms with Crippen LogP contribution in [0.4, 0.5) is 0 Å². The van der Waals surface area contributed by atoms with Crippen LogP contribution in [0.15, 0.2) is 35.5 Å². The van der Waals surface area contributed by atoms with Gasteiger partial charge < -0.3 is 14.5 Å². The number of carbonyl (C=O) groups excluding carboxylic acids is 1. The van der Waals surface area contributed by atoms with E-state index < -0.39 is 0 Å². The molecular weight excluding hydrogens is 278 g/mol. The van der Waals surface area contributed by atoms with E-state index in [1.807, 2.05) is 25.3 Å². The topological polar surface area (TPSA) is 55.1 Å². The maximum atomic E-state index is 12.3. The molecular formula is C17H21N3O2. The zero-order chi connectivity index (χ0) is 15.5. The van der Waals surface area contributed by atoms with E-state index in [-0.39, 0.29) is 11.8 Å². The number of carbonyl (C=O) groups is 1. The van der Waals surface area contributed by atoms with Gasteiger partial charge in [-0.15, -0.1) is 0 Å². The van der Waals surface area contributed by atoms with Crippen LogP contribution in [-0.2, 0) is 9.53 Å². The van der Waals surface area contributed by atoms with Crippen LogP contribution < -0.4 is 5.32 Å². The second-order valence-corrected chi connectivity index (χ2v) is 5.68. The largest absolute Gasteiger partial charge is 0.379 e. The lowest BCUT2D eigenvalue weighted by atomic mass is 10.1. The Morgan fingerprint density at radius 3 is 3.14 bits per heavy atom. The average Bonchev–Trinajstić information content (AvgIpc) is 2.76. The Hall–Kier alpha value is -1.98. The first-order valence-electron chi connectivity index (χ1n) is 7.61. The molecule has 5 nitrogen and oxygen atoms in total. The highest BCUT2D eigenvalue weighted by atomic mass is 16.5. The number of rotatable bonds is 2. The summed E-state index contributed by atoms with van der Waals surface area (Å²) in [6, 6.07) is 8.15. The summed E-state index contributed by atoms with van der Waals surface area (Å²) >= 11 is 0. The van der Waals surface area contributed by atoms with Crippen LogP contribution in [0.3, 0.4) is 0 Å². The van der Waals surface area contributed by atoms with Crippen LogP contribution in [0, 0.1) is 12.8 Å². The van der Waals surface area contributed by atoms with Crippen LogP contribution in [-0.4, -0.2) is 42.3 Å². The van der Waals surface area contributed by atoms with Gasteiger partial charge in [0.25, 0.3) is 5.91 Å². The molecule has 2 aromatic heterocycles. The van der Waals surface area contributed by atoms with Crippen molar-refractivity contribution in [2.75, 3.05) is 26.3 Å². The molecule has 22 heavy (non-hydrogen) atoms. The van der Waals surface area contributed by atoms with Crippen molar-refractivity contribution < 1.29 is 9.53 Å². The standard InChI is InChI=1S/C17H21N3O2/c1-12-4-3-8-20-15(12)5-6-16(20)13(2)19-17(21)14-10-18-7-9-22-11-14/h3-6,8,14,18H,7,9-11H2,1-2H3. The van der Waals surface area contributed by atoms with Gasteiger partial charge in [-0.2, -0.15) is 0 Å². The van der Waals surface area contributed by atoms with E-state index in [0.29, 0.717) is 19.8 Å². The van der Waals surface area contributed by atoms with Gasteiger partial charge in [0.05, 0.1) is 30.5 Å². The Balaban J connectivity index is 1.86. The van der Waals surface area contributed by atoms with E-state index in [1.54, 1.807) is 0 Å². The molecule has 0 aliphatic carbocycles. The molecule has 0 aromatic carbocycles. The second kappa shape index (κ2) is 6.42. The Bertz CT molecular complexity index is 710. The molecule has 0 bridgehead atoms. The summed E-state index contributed by atoms with van der Waals surface area (Å²) < 4.78 is 7.50. The van der Waals surface area contributed by atoms with Gasteiger partial charge >= 0.3 is 0 Å². The number of aliphatic imine (C=N–C) groups is 1. The molecule has 5 heteroatoms. The number of pyridine rings is 1. The maximum Gasteiger partial charge on any atom is 0.252 e. The lowest BCUT2D eigenvalue weighted by Gasteiger charge is -2.10. The highest BCUT2D eigenvalue weighted by Gasteiger charge is 2.20. The van der Waals surface area contributed by atoms with Gasteiger partial charge in [0.15, 0.2) is 0 Å². The van der Waals surface area contributed by atoms with E-state index in [4.69, 9.17) is 4.74 Å². The molecule has 1 atom stereocenters. The minimum Gasteiger partial charge on any atom is -0.379 e. The van der Waals surface area contributed by atoms with Crippen molar-refractivity contribution in [2.24, 2.45) is 10.9 Å². The minimum atomic E-state index is -0.203. The fourth-order valence-corrected chi connectivity index (χ4v) is 2.76. The third kappa shape index (κ3) is 2.96. The predicted molar refractivity (Wildman–Crippen MR) is 86.5 cm³/mol. The Labute approximate surface area is 130 Å². The molecule has 0 saturated carbocycles. The number of ether oxygens (including phenoxy) is 1. The number of amides is 1. The van der Waals surface area contributed by atoms with Gasteiger partial charge in [-0.1, -0.05) is 6.07 Å². The van der Waals surface area contributed by atoms with Gasteiger partial charge in [-0.3, -0.25) is 4.79 Å². The first-order chi connectivity index (χ1) is 10.7. The summed E-state index contributed by atoms with van der Waals surface area (Å²) in [5.41, 5.74) is 4.03. The molecule has 1 fully saturated rings. The zero-order valence-electron chi connectivity index (χ0n) is 13.0. The van der Waals surface area contributed by atoms with Gasteiger partial charge in [0, 0.05) is 24.8 Å². The molecule has 1 aliphatic heterocycles. The molecule has 2 aromatic rings. The van der Waals surface area contributed by atoms with E-state index >= 15 is 0 Å². The SMILES string of the molecule is CC(=NC(=O)C1CNCCOC1)c1ccc2c(C)cccn12. The average molecular weight is 299 g/mol. The van der Waals surface area contributed by atoms with E-state index in [0.717, 1.165) is 23.5 Å². The quantitative estimate of drug-likeness (QED) is 0.861. The van der Waals surface area contributed by atoms with Crippen LogP contribution in [0.25, 0.3) is 5.52 Å². The smallest absolute Gasteiger partial charge is 0.252 e. The maximum absolute atomic E-state index is 12.3. The van der Waals surface area contributed by atoms with Crippen LogP contribution in [0.5, 0.6) is 0 Å². The highest BCUT2D eigenvalue weighted by molar-refractivity contribution is 6.05. The number of nitrogens with zero attached hydrogens (tertiary/aromatic N) is 2. The summed E-state index contributed by atoms with van der Waals surface area (Å²) in [7, 11) is 0. The van der Waals surface area contributed by atoms with Crippen molar-refractivity contribution in [3.8, 4) is 0 Å². The summed E-state index contributed by atoms with van der Waals surface area (Å²) in [6.45, 7) is 6.46. The molecule has 1 unspecified atom stereocenters. The fraction of sp³-hybridized carbons (Fsp3) is 0.412. The van der Waals surface area contributed by atoms with Gasteiger partial charge in [0.2, 0.25) is 0 Å². The number of hydrogen-bond acceptors (Lipinski definition) is 3. The number of nitrogens with one attached hydrogen (secondary N) is 1. The van der Waals surface area contributed by atoms with Crippen LogP contribution >= 0.6 is 0 Å². The Morgan fingerprint density at radius 1 is 1.41 bits per heavy atom. The summed E-state index contributed by atoms with van der Waals surface area (Å²) in [5.74, 6) is -0.320. The van der Waals surface area contributed by atoms with E-state index in [2.05, 4.69) is 33.8 Å². The first-order valence-corrected chi connectivity index (χ1v) is 7.61. The second-order valence-electron chi connectivity index (χ2n) is 5.68. The molecule has 3 rings (SSSR count). The van der Waals surface area contributed by atoms with Crippen LogP contribution in [0.1, 0.15) is 18.2 Å². The normalized spacial score (nSPS) is 20.1. The summed E-state index contributed by atoms with van der Waals surface area (Å²) in [6.07, 6.45) is 2.00. The van der Waals surface area contributed by atoms with Gasteiger partial charge in [-0.25, -0.2) is 4.99 Å². The predicted octanol–water partition coefficient (Wildman–Crippen LogP) is 1.82. The molecule has 1 aliphatic rings. The molecule has 1 amide bonds. The van der Waals surface area contributed by atoms with Gasteiger partial charge in [-0.05, 0) is 37.6 Å². The molecule has 1 N–H and O–H groups in total. The van der Waals surface area contributed by atoms with Crippen molar-refractivity contribution >= 4 is 17.1 Å². The minimum absolute atomic E-state index is 0.116. The molecule has 3 heterocycles. The molecule has 1 saturated heterocycles. The Morgan fingerprint density at radius 2 is 2.27 bits per heavy atom. The monoisotopic (exact) mass is 299 g/mol. The van der Waals surface area contributed by atoms with Crippen molar-refractivity contribution in [2.45, 2.75) is 13.8 Å². The summed E-state index contributed by atoms with van der Waals surface area (Å²) in [5, 5.41) is 3.20. The number of hydrogen-bond donors (Lipinski definition) is 1. The molecule has 0 radical (unpaired) electrons. The number of fused-ring (bicyclic) bond motifs is 1. The Kier molecular flexibility index (Phi) is 4.36. The van der Waals surface area contributed by atoms with Crippen LogP contribution in [0.2, 0.25) is 0 Å². The zero-order valence-corrected chi connectivity index (χ0v) is 13.0. The van der Waals surface area contributed by atoms with Crippen molar-refractivity contribution in [3.63, 3.8) is 0 Å². The number of aryl methyl sites for hydroxylation is 1. The van der Waals surface area contributed by atoms with Crippen molar-refractivity contribution in [1.29, 1.82) is 0 Å². The van der Waals surface area contributed by atoms with E-state index in [1.165, 1.54) is 5.56 Å². The first kappa shape index (κ1) is 14.9. The van der Waals surface area contributed by atoms with Crippen molar-refractivity contribution in [3.05, 3.63) is 41.7 Å². The number of aromatic nitrogens is 1. The summed E-state index contributed by atoms with van der Waals surface area (Å²) in [4.78, 5) is 16.6. The lowest BCUT2D eigenvalue weighted by Crippen LogP contribution is -2.28. The molecule has 0 spiro atoms. The van der Waals surface area contributed by atoms with Gasteiger partial charge in [0.1, 0.15) is 0 Å². The molecule has 116 valence electrons. The van der Waals surface area contributed by atoms with Crippen molar-refractivity contribution in [1.82, 2.24) is 9.72 Å². The lowest BCUT2D eigenvalue weighted by molar-refractivity contribution is -0.122. The fourth-order valence-electron chi connectivity index (χ4n) is 2.76. The van der Waals surface area contributed by atoms with E-state index in [9.17, 15) is 4.79 Å². The third-order valence-corrected chi connectivity index (χ3v) is 4.03. The third-order valence-electron chi connectivity index (χ3n) is 4.03. The highest BCUT2D eigenvalue weighted by Crippen LogP contribution is 2.15.